The highest BCUT2D eigenvalue weighted by Crippen LogP contribution is 2.37. The normalized spacial score (nSPS) is 16.1. The fraction of sp³-hybridized carbons (Fsp3) is 0.500. The Morgan fingerprint density at radius 1 is 1.16 bits per heavy atom. The first-order valence-electron chi connectivity index (χ1n) is 6.52. The predicted octanol–water partition coefficient (Wildman–Crippen LogP) is 3.63. The van der Waals surface area contributed by atoms with E-state index in [4.69, 9.17) is 9.72 Å². The number of rotatable bonds is 2. The zero-order chi connectivity index (χ0) is 13.4. The summed E-state index contributed by atoms with van der Waals surface area (Å²) in [4.78, 5) is 9.92. The summed E-state index contributed by atoms with van der Waals surface area (Å²) in [5.41, 5.74) is 3.84. The molecule has 0 aliphatic carbocycles. The molecule has 0 bridgehead atoms. The van der Waals surface area contributed by atoms with Gasteiger partial charge in [0.25, 0.3) is 0 Å². The van der Waals surface area contributed by atoms with Gasteiger partial charge in [0.15, 0.2) is 5.13 Å². The summed E-state index contributed by atoms with van der Waals surface area (Å²) < 4.78 is 5.39. The van der Waals surface area contributed by atoms with Crippen molar-refractivity contribution in [3.05, 3.63) is 20.7 Å². The van der Waals surface area contributed by atoms with E-state index in [1.807, 2.05) is 11.3 Å². The first-order chi connectivity index (χ1) is 9.16. The van der Waals surface area contributed by atoms with Crippen molar-refractivity contribution < 1.29 is 4.74 Å². The average Bonchev–Trinajstić information content (AvgIpc) is 2.97. The van der Waals surface area contributed by atoms with E-state index in [1.165, 1.54) is 20.9 Å². The Balaban J connectivity index is 1.92. The number of hydrogen-bond acceptors (Lipinski definition) is 5. The van der Waals surface area contributed by atoms with Crippen molar-refractivity contribution in [3.8, 4) is 11.3 Å². The van der Waals surface area contributed by atoms with Crippen LogP contribution >= 0.6 is 22.7 Å². The lowest BCUT2D eigenvalue weighted by Gasteiger charge is -2.26. The monoisotopic (exact) mass is 294 g/mol. The minimum absolute atomic E-state index is 0.810. The number of thiophene rings is 1. The number of thiazole rings is 1. The van der Waals surface area contributed by atoms with Gasteiger partial charge in [0.05, 0.1) is 18.9 Å². The third-order valence-electron chi connectivity index (χ3n) is 3.59. The maximum absolute atomic E-state index is 5.39. The molecule has 0 spiro atoms. The minimum Gasteiger partial charge on any atom is -0.378 e. The molecule has 3 rings (SSSR count). The fourth-order valence-corrected chi connectivity index (χ4v) is 4.39. The lowest BCUT2D eigenvalue weighted by Crippen LogP contribution is -2.36. The number of aryl methyl sites for hydroxylation is 2. The lowest BCUT2D eigenvalue weighted by molar-refractivity contribution is 0.122. The summed E-state index contributed by atoms with van der Waals surface area (Å²) in [6.07, 6.45) is 0. The second kappa shape index (κ2) is 5.23. The average molecular weight is 294 g/mol. The van der Waals surface area contributed by atoms with E-state index >= 15 is 0 Å². The van der Waals surface area contributed by atoms with Gasteiger partial charge in [-0.2, -0.15) is 0 Å². The Kier molecular flexibility index (Phi) is 3.60. The molecule has 3 nitrogen and oxygen atoms in total. The Labute approximate surface area is 121 Å². The second-order valence-corrected chi connectivity index (χ2v) is 7.09. The highest BCUT2D eigenvalue weighted by Gasteiger charge is 2.18. The Morgan fingerprint density at radius 2 is 1.89 bits per heavy atom. The summed E-state index contributed by atoms with van der Waals surface area (Å²) in [5.74, 6) is 0. The molecule has 2 aromatic heterocycles. The van der Waals surface area contributed by atoms with Crippen molar-refractivity contribution in [1.82, 2.24) is 4.98 Å². The molecule has 0 saturated carbocycles. The molecule has 1 aliphatic rings. The van der Waals surface area contributed by atoms with Crippen LogP contribution in [0, 0.1) is 20.8 Å². The number of nitrogens with zero attached hydrogens (tertiary/aromatic N) is 2. The van der Waals surface area contributed by atoms with Gasteiger partial charge >= 0.3 is 0 Å². The van der Waals surface area contributed by atoms with Gasteiger partial charge in [-0.1, -0.05) is 0 Å². The molecule has 0 atom stereocenters. The van der Waals surface area contributed by atoms with E-state index in [-0.39, 0.29) is 0 Å². The molecule has 19 heavy (non-hydrogen) atoms. The molecule has 0 radical (unpaired) electrons. The standard InChI is InChI=1S/C14H18N2OS2/c1-9-10(2)19-11(3)13(9)12-8-18-14(15-12)16-4-6-17-7-5-16/h8H,4-7H2,1-3H3. The van der Waals surface area contributed by atoms with Crippen LogP contribution in [0.2, 0.25) is 0 Å². The molecule has 0 amide bonds. The molecule has 2 aromatic rings. The van der Waals surface area contributed by atoms with Crippen LogP contribution in [0.15, 0.2) is 5.38 Å². The molecule has 5 heteroatoms. The van der Waals surface area contributed by atoms with E-state index in [2.05, 4.69) is 31.1 Å². The number of hydrogen-bond donors (Lipinski definition) is 0. The smallest absolute Gasteiger partial charge is 0.186 e. The van der Waals surface area contributed by atoms with E-state index in [9.17, 15) is 0 Å². The zero-order valence-electron chi connectivity index (χ0n) is 11.5. The van der Waals surface area contributed by atoms with Gasteiger partial charge in [-0.05, 0) is 26.3 Å². The van der Waals surface area contributed by atoms with Crippen molar-refractivity contribution in [2.45, 2.75) is 20.8 Å². The Hall–Kier alpha value is -0.910. The quantitative estimate of drug-likeness (QED) is 0.845. The molecular weight excluding hydrogens is 276 g/mol. The maximum atomic E-state index is 5.39. The highest BCUT2D eigenvalue weighted by molar-refractivity contribution is 7.14. The van der Waals surface area contributed by atoms with Crippen LogP contribution in [0.25, 0.3) is 11.3 Å². The third kappa shape index (κ3) is 2.42. The SMILES string of the molecule is Cc1sc(C)c(-c2csc(N3CCOCC3)n2)c1C. The molecule has 0 aromatic carbocycles. The highest BCUT2D eigenvalue weighted by atomic mass is 32.1. The van der Waals surface area contributed by atoms with Crippen molar-refractivity contribution in [2.24, 2.45) is 0 Å². The van der Waals surface area contributed by atoms with Gasteiger partial charge in [0, 0.05) is 33.8 Å². The Morgan fingerprint density at radius 3 is 2.53 bits per heavy atom. The van der Waals surface area contributed by atoms with Crippen molar-refractivity contribution in [1.29, 1.82) is 0 Å². The van der Waals surface area contributed by atoms with E-state index < -0.39 is 0 Å². The van der Waals surface area contributed by atoms with Gasteiger partial charge in [0.1, 0.15) is 0 Å². The molecule has 0 unspecified atom stereocenters. The lowest BCUT2D eigenvalue weighted by atomic mass is 10.1. The number of ether oxygens (including phenoxy) is 1. The third-order valence-corrected chi connectivity index (χ3v) is 5.62. The first kappa shape index (κ1) is 13.1. The molecule has 1 aliphatic heterocycles. The van der Waals surface area contributed by atoms with Crippen LogP contribution in [-0.2, 0) is 4.74 Å². The van der Waals surface area contributed by atoms with Crippen molar-refractivity contribution >= 4 is 27.8 Å². The Bertz CT molecular complexity index is 582. The number of morpholine rings is 1. The first-order valence-corrected chi connectivity index (χ1v) is 8.21. The summed E-state index contributed by atoms with van der Waals surface area (Å²) in [5, 5.41) is 3.31. The van der Waals surface area contributed by atoms with Crippen LogP contribution in [0.3, 0.4) is 0 Å². The van der Waals surface area contributed by atoms with E-state index in [0.29, 0.717) is 0 Å². The van der Waals surface area contributed by atoms with Crippen LogP contribution in [0.1, 0.15) is 15.3 Å². The van der Waals surface area contributed by atoms with Gasteiger partial charge in [-0.3, -0.25) is 0 Å². The summed E-state index contributed by atoms with van der Waals surface area (Å²) in [7, 11) is 0. The summed E-state index contributed by atoms with van der Waals surface area (Å²) in [6, 6.07) is 0. The van der Waals surface area contributed by atoms with Gasteiger partial charge in [0.2, 0.25) is 0 Å². The topological polar surface area (TPSA) is 25.4 Å². The molecule has 0 N–H and O–H groups in total. The number of aromatic nitrogens is 1. The molecule has 1 fully saturated rings. The molecule has 102 valence electrons. The summed E-state index contributed by atoms with van der Waals surface area (Å²) in [6.45, 7) is 10.1. The van der Waals surface area contributed by atoms with Gasteiger partial charge in [-0.25, -0.2) is 4.98 Å². The van der Waals surface area contributed by atoms with Crippen molar-refractivity contribution in [3.63, 3.8) is 0 Å². The van der Waals surface area contributed by atoms with Crippen LogP contribution in [0.4, 0.5) is 5.13 Å². The van der Waals surface area contributed by atoms with Crippen LogP contribution < -0.4 is 4.90 Å². The molecule has 1 saturated heterocycles. The van der Waals surface area contributed by atoms with E-state index in [1.54, 1.807) is 11.3 Å². The maximum Gasteiger partial charge on any atom is 0.186 e. The zero-order valence-corrected chi connectivity index (χ0v) is 13.2. The largest absolute Gasteiger partial charge is 0.378 e. The van der Waals surface area contributed by atoms with Crippen LogP contribution in [-0.4, -0.2) is 31.3 Å². The predicted molar refractivity (Wildman–Crippen MR) is 82.7 cm³/mol. The number of anilines is 1. The van der Waals surface area contributed by atoms with Gasteiger partial charge in [-0.15, -0.1) is 22.7 Å². The molecular formula is C14H18N2OS2. The minimum atomic E-state index is 0.810. The second-order valence-electron chi connectivity index (χ2n) is 4.83. The van der Waals surface area contributed by atoms with Crippen LogP contribution in [0.5, 0.6) is 0 Å². The summed E-state index contributed by atoms with van der Waals surface area (Å²) >= 11 is 3.61. The fourth-order valence-electron chi connectivity index (χ4n) is 2.45. The van der Waals surface area contributed by atoms with Gasteiger partial charge < -0.3 is 9.64 Å². The van der Waals surface area contributed by atoms with E-state index in [0.717, 1.165) is 37.1 Å². The molecule has 3 heterocycles. The van der Waals surface area contributed by atoms with Crippen molar-refractivity contribution in [2.75, 3.05) is 31.2 Å².